The zero-order valence-corrected chi connectivity index (χ0v) is 18.3. The van der Waals surface area contributed by atoms with E-state index < -0.39 is 29.9 Å². The van der Waals surface area contributed by atoms with E-state index in [0.29, 0.717) is 11.5 Å². The molecule has 0 atom stereocenters. The van der Waals surface area contributed by atoms with Crippen LogP contribution < -0.4 is 20.1 Å². The highest BCUT2D eigenvalue weighted by Gasteiger charge is 2.27. The van der Waals surface area contributed by atoms with Crippen molar-refractivity contribution < 1.29 is 28.6 Å². The number of esters is 1. The van der Waals surface area contributed by atoms with Crippen LogP contribution in [0, 0.1) is 5.41 Å². The highest BCUT2D eigenvalue weighted by molar-refractivity contribution is 5.96. The quantitative estimate of drug-likeness (QED) is 0.608. The summed E-state index contributed by atoms with van der Waals surface area (Å²) in [4.78, 5) is 36.1. The molecule has 0 radical (unpaired) electrons. The Morgan fingerprint density at radius 2 is 1.48 bits per heavy atom. The Kier molecular flexibility index (Phi) is 8.48. The van der Waals surface area contributed by atoms with Gasteiger partial charge in [0.15, 0.2) is 6.61 Å². The summed E-state index contributed by atoms with van der Waals surface area (Å²) in [6.07, 6.45) is 0.764. The monoisotopic (exact) mass is 408 g/mol. The Balaban J connectivity index is 2.49. The van der Waals surface area contributed by atoms with E-state index in [-0.39, 0.29) is 17.5 Å². The van der Waals surface area contributed by atoms with Crippen LogP contribution >= 0.6 is 0 Å². The van der Waals surface area contributed by atoms with Gasteiger partial charge in [0.25, 0.3) is 11.8 Å². The number of hydrogen-bond donors (Lipinski definition) is 2. The van der Waals surface area contributed by atoms with Crippen molar-refractivity contribution in [3.8, 4) is 11.5 Å². The Hall–Kier alpha value is -2.77. The van der Waals surface area contributed by atoms with Gasteiger partial charge in [-0.25, -0.2) is 0 Å². The van der Waals surface area contributed by atoms with Crippen molar-refractivity contribution in [3.05, 3.63) is 23.8 Å². The van der Waals surface area contributed by atoms with Crippen LogP contribution in [0.25, 0.3) is 0 Å². The predicted molar refractivity (Wildman–Crippen MR) is 109 cm³/mol. The van der Waals surface area contributed by atoms with Crippen LogP contribution in [0.15, 0.2) is 18.2 Å². The van der Waals surface area contributed by atoms with E-state index in [9.17, 15) is 14.4 Å². The maximum absolute atomic E-state index is 12.2. The van der Waals surface area contributed by atoms with Gasteiger partial charge in [0.2, 0.25) is 0 Å². The number of benzene rings is 1. The molecule has 29 heavy (non-hydrogen) atoms. The molecule has 2 amide bonds. The summed E-state index contributed by atoms with van der Waals surface area (Å²) in [7, 11) is 2.95. The van der Waals surface area contributed by atoms with Gasteiger partial charge in [0.05, 0.1) is 14.2 Å². The molecule has 162 valence electrons. The highest BCUT2D eigenvalue weighted by Crippen LogP contribution is 2.26. The third-order valence-electron chi connectivity index (χ3n) is 3.82. The van der Waals surface area contributed by atoms with Crippen LogP contribution in [0.1, 0.15) is 51.4 Å². The second-order valence-electron chi connectivity index (χ2n) is 8.61. The van der Waals surface area contributed by atoms with Gasteiger partial charge in [0, 0.05) is 17.2 Å². The Morgan fingerprint density at radius 3 is 1.97 bits per heavy atom. The second kappa shape index (κ2) is 10.1. The molecule has 1 rings (SSSR count). The van der Waals surface area contributed by atoms with Gasteiger partial charge in [-0.15, -0.1) is 0 Å². The zero-order valence-electron chi connectivity index (χ0n) is 18.3. The molecule has 0 aliphatic rings. The Morgan fingerprint density at radius 1 is 0.931 bits per heavy atom. The van der Waals surface area contributed by atoms with E-state index in [4.69, 9.17) is 14.2 Å². The topological polar surface area (TPSA) is 103 Å². The molecule has 0 aliphatic carbocycles. The van der Waals surface area contributed by atoms with Crippen LogP contribution in [0.4, 0.5) is 0 Å². The number of nitrogens with one attached hydrogen (secondary N) is 2. The first-order valence-corrected chi connectivity index (χ1v) is 9.33. The van der Waals surface area contributed by atoms with Gasteiger partial charge in [-0.05, 0) is 37.8 Å². The summed E-state index contributed by atoms with van der Waals surface area (Å²) >= 11 is 0. The number of carbonyl (C=O) groups is 3. The van der Waals surface area contributed by atoms with Gasteiger partial charge < -0.3 is 24.8 Å². The second-order valence-corrected chi connectivity index (χ2v) is 8.61. The minimum absolute atomic E-state index is 0.0422. The van der Waals surface area contributed by atoms with Gasteiger partial charge in [-0.3, -0.25) is 14.4 Å². The maximum atomic E-state index is 12.2. The lowest BCUT2D eigenvalue weighted by Crippen LogP contribution is -2.47. The summed E-state index contributed by atoms with van der Waals surface area (Å²) < 4.78 is 15.2. The molecule has 0 bridgehead atoms. The average molecular weight is 408 g/mol. The lowest BCUT2D eigenvalue weighted by Gasteiger charge is -2.33. The van der Waals surface area contributed by atoms with Gasteiger partial charge in [-0.2, -0.15) is 0 Å². The minimum Gasteiger partial charge on any atom is -0.497 e. The van der Waals surface area contributed by atoms with Crippen molar-refractivity contribution in [2.75, 3.05) is 27.4 Å². The molecule has 0 fully saturated rings. The number of hydrogen-bond acceptors (Lipinski definition) is 6. The normalized spacial score (nSPS) is 11.4. The number of rotatable bonds is 9. The van der Waals surface area contributed by atoms with Crippen molar-refractivity contribution in [2.45, 2.75) is 46.6 Å². The third-order valence-corrected chi connectivity index (χ3v) is 3.82. The van der Waals surface area contributed by atoms with Gasteiger partial charge in [0.1, 0.15) is 18.0 Å². The summed E-state index contributed by atoms with van der Waals surface area (Å²) in [6.45, 7) is 9.32. The Labute approximate surface area is 172 Å². The summed E-state index contributed by atoms with van der Waals surface area (Å²) in [5.74, 6) is -0.693. The molecular weight excluding hydrogens is 376 g/mol. The SMILES string of the molecule is COc1cc(OC)cc(C(=O)NCC(=O)OCC(=O)NC(C)(C)CC(C)(C)C)c1. The molecule has 0 spiro atoms. The number of methoxy groups -OCH3 is 2. The molecule has 0 saturated heterocycles. The first-order valence-electron chi connectivity index (χ1n) is 9.33. The number of amides is 2. The molecule has 0 unspecified atom stereocenters. The van der Waals surface area contributed by atoms with E-state index >= 15 is 0 Å². The third kappa shape index (κ3) is 9.32. The van der Waals surface area contributed by atoms with E-state index in [1.807, 2.05) is 13.8 Å². The lowest BCUT2D eigenvalue weighted by atomic mass is 9.82. The van der Waals surface area contributed by atoms with E-state index in [0.717, 1.165) is 6.42 Å². The molecule has 8 heteroatoms. The van der Waals surface area contributed by atoms with Crippen LogP contribution in [0.2, 0.25) is 0 Å². The molecule has 0 aliphatic heterocycles. The summed E-state index contributed by atoms with van der Waals surface area (Å²) in [5.41, 5.74) is -0.113. The van der Waals surface area contributed by atoms with Crippen molar-refractivity contribution >= 4 is 17.8 Å². The predicted octanol–water partition coefficient (Wildman–Crippen LogP) is 2.31. The van der Waals surface area contributed by atoms with E-state index in [1.54, 1.807) is 6.07 Å². The number of carbonyl (C=O) groups excluding carboxylic acids is 3. The van der Waals surface area contributed by atoms with Gasteiger partial charge in [-0.1, -0.05) is 20.8 Å². The fraction of sp³-hybridized carbons (Fsp3) is 0.571. The molecule has 1 aromatic carbocycles. The van der Waals surface area contributed by atoms with Crippen molar-refractivity contribution in [1.82, 2.24) is 10.6 Å². The van der Waals surface area contributed by atoms with Crippen molar-refractivity contribution in [1.29, 1.82) is 0 Å². The minimum atomic E-state index is -0.711. The van der Waals surface area contributed by atoms with E-state index in [1.165, 1.54) is 26.4 Å². The van der Waals surface area contributed by atoms with Crippen LogP contribution in [-0.4, -0.2) is 50.7 Å². The van der Waals surface area contributed by atoms with Crippen LogP contribution in [0.5, 0.6) is 11.5 Å². The Bertz CT molecular complexity index is 715. The van der Waals surface area contributed by atoms with Crippen molar-refractivity contribution in [2.24, 2.45) is 5.41 Å². The molecular formula is C21H32N2O6. The fourth-order valence-corrected chi connectivity index (χ4v) is 3.17. The smallest absolute Gasteiger partial charge is 0.325 e. The van der Waals surface area contributed by atoms with E-state index in [2.05, 4.69) is 31.4 Å². The number of ether oxygens (including phenoxy) is 3. The summed E-state index contributed by atoms with van der Waals surface area (Å²) in [5, 5.41) is 5.30. The first kappa shape index (κ1) is 24.3. The fourth-order valence-electron chi connectivity index (χ4n) is 3.17. The van der Waals surface area contributed by atoms with Gasteiger partial charge >= 0.3 is 5.97 Å². The standard InChI is InChI=1S/C21H32N2O6/c1-20(2,3)13-21(4,5)23-17(24)12-29-18(25)11-22-19(26)14-8-15(27-6)10-16(9-14)28-7/h8-10H,11-13H2,1-7H3,(H,22,26)(H,23,24). The molecule has 0 heterocycles. The largest absolute Gasteiger partial charge is 0.497 e. The average Bonchev–Trinajstić information content (AvgIpc) is 2.61. The molecule has 2 N–H and O–H groups in total. The molecule has 0 aromatic heterocycles. The van der Waals surface area contributed by atoms with Crippen LogP contribution in [0.3, 0.4) is 0 Å². The zero-order chi connectivity index (χ0) is 22.2. The summed E-state index contributed by atoms with van der Waals surface area (Å²) in [6, 6.07) is 4.67. The molecule has 1 aromatic rings. The maximum Gasteiger partial charge on any atom is 0.325 e. The molecule has 8 nitrogen and oxygen atoms in total. The lowest BCUT2D eigenvalue weighted by molar-refractivity contribution is -0.148. The first-order chi connectivity index (χ1) is 13.3. The van der Waals surface area contributed by atoms with Crippen molar-refractivity contribution in [3.63, 3.8) is 0 Å². The molecule has 0 saturated carbocycles. The highest BCUT2D eigenvalue weighted by atomic mass is 16.5. The van der Waals surface area contributed by atoms with Crippen LogP contribution in [-0.2, 0) is 14.3 Å².